The number of Topliss-reactive ketones (excluding diaryl/α,β-unsaturated/α-hetero) is 1. The van der Waals surface area contributed by atoms with Crippen LogP contribution in [-0.2, 0) is 17.6 Å². The zero-order valence-electron chi connectivity index (χ0n) is 9.78. The van der Waals surface area contributed by atoms with Crippen LogP contribution in [0.3, 0.4) is 0 Å². The Bertz CT molecular complexity index is 438. The first-order valence-corrected chi connectivity index (χ1v) is 7.22. The fourth-order valence-electron chi connectivity index (χ4n) is 2.33. The Kier molecular flexibility index (Phi) is 3.21. The molecule has 1 aromatic carbocycles. The van der Waals surface area contributed by atoms with Gasteiger partial charge in [0.2, 0.25) is 0 Å². The molecule has 0 N–H and O–H groups in total. The average Bonchev–Trinajstić information content (AvgIpc) is 2.73. The topological polar surface area (TPSA) is 26.3 Å². The van der Waals surface area contributed by atoms with E-state index in [4.69, 9.17) is 4.74 Å². The van der Waals surface area contributed by atoms with Crippen molar-refractivity contribution >= 4 is 17.5 Å². The van der Waals surface area contributed by atoms with Gasteiger partial charge in [0.1, 0.15) is 0 Å². The Morgan fingerprint density at radius 2 is 2.12 bits per heavy atom. The normalized spacial score (nSPS) is 18.8. The summed E-state index contributed by atoms with van der Waals surface area (Å²) in [7, 11) is 0. The van der Waals surface area contributed by atoms with Crippen molar-refractivity contribution in [2.45, 2.75) is 24.5 Å². The molecule has 3 heteroatoms. The second-order valence-electron chi connectivity index (χ2n) is 4.73. The SMILES string of the molecule is O=C(CSC1COC1)c1ccc2c(c1)CCC2. The van der Waals surface area contributed by atoms with E-state index in [1.54, 1.807) is 11.8 Å². The summed E-state index contributed by atoms with van der Waals surface area (Å²) in [5, 5.41) is 0.536. The zero-order chi connectivity index (χ0) is 11.7. The number of benzene rings is 1. The molecule has 2 aliphatic rings. The van der Waals surface area contributed by atoms with Gasteiger partial charge < -0.3 is 4.74 Å². The highest BCUT2D eigenvalue weighted by Crippen LogP contribution is 2.24. The molecule has 1 aromatic rings. The Morgan fingerprint density at radius 3 is 2.88 bits per heavy atom. The Balaban J connectivity index is 1.64. The lowest BCUT2D eigenvalue weighted by molar-refractivity contribution is 0.0455. The molecular weight excluding hydrogens is 232 g/mol. The van der Waals surface area contributed by atoms with Gasteiger partial charge in [0, 0.05) is 5.56 Å². The van der Waals surface area contributed by atoms with E-state index in [1.807, 2.05) is 6.07 Å². The van der Waals surface area contributed by atoms with Gasteiger partial charge in [-0.3, -0.25) is 4.79 Å². The van der Waals surface area contributed by atoms with Crippen molar-refractivity contribution in [1.29, 1.82) is 0 Å². The number of ketones is 1. The lowest BCUT2D eigenvalue weighted by atomic mass is 10.0. The van der Waals surface area contributed by atoms with Crippen LogP contribution >= 0.6 is 11.8 Å². The molecule has 1 fully saturated rings. The predicted molar refractivity (Wildman–Crippen MR) is 69.9 cm³/mol. The molecule has 2 nitrogen and oxygen atoms in total. The molecule has 1 aliphatic heterocycles. The molecule has 0 spiro atoms. The number of fused-ring (bicyclic) bond motifs is 1. The molecule has 0 bridgehead atoms. The molecule has 1 saturated heterocycles. The third-order valence-electron chi connectivity index (χ3n) is 3.48. The lowest BCUT2D eigenvalue weighted by Gasteiger charge is -2.24. The maximum atomic E-state index is 12.0. The molecule has 0 atom stereocenters. The van der Waals surface area contributed by atoms with Gasteiger partial charge in [0.25, 0.3) is 0 Å². The lowest BCUT2D eigenvalue weighted by Crippen LogP contribution is -2.31. The Labute approximate surface area is 106 Å². The number of hydrogen-bond donors (Lipinski definition) is 0. The van der Waals surface area contributed by atoms with E-state index < -0.39 is 0 Å². The standard InChI is InChI=1S/C14H16O2S/c15-14(9-17-13-7-16-8-13)12-5-4-10-2-1-3-11(10)6-12/h4-6,13H,1-3,7-9H2. The molecule has 3 rings (SSSR count). The van der Waals surface area contributed by atoms with Crippen molar-refractivity contribution in [1.82, 2.24) is 0 Å². The van der Waals surface area contributed by atoms with Crippen molar-refractivity contribution in [2.24, 2.45) is 0 Å². The van der Waals surface area contributed by atoms with Gasteiger partial charge in [-0.1, -0.05) is 12.1 Å². The van der Waals surface area contributed by atoms with Crippen LogP contribution in [-0.4, -0.2) is 30.0 Å². The molecule has 0 amide bonds. The highest BCUT2D eigenvalue weighted by molar-refractivity contribution is 8.00. The van der Waals surface area contributed by atoms with E-state index in [2.05, 4.69) is 12.1 Å². The highest BCUT2D eigenvalue weighted by atomic mass is 32.2. The van der Waals surface area contributed by atoms with Gasteiger partial charge in [-0.2, -0.15) is 0 Å². The largest absolute Gasteiger partial charge is 0.379 e. The maximum Gasteiger partial charge on any atom is 0.172 e. The summed E-state index contributed by atoms with van der Waals surface area (Å²) >= 11 is 1.72. The zero-order valence-corrected chi connectivity index (χ0v) is 10.6. The Hall–Kier alpha value is -0.800. The fraction of sp³-hybridized carbons (Fsp3) is 0.500. The third-order valence-corrected chi connectivity index (χ3v) is 4.65. The molecule has 90 valence electrons. The van der Waals surface area contributed by atoms with Gasteiger partial charge in [-0.05, 0) is 36.5 Å². The number of hydrogen-bond acceptors (Lipinski definition) is 3. The molecule has 0 radical (unpaired) electrons. The van der Waals surface area contributed by atoms with Crippen molar-refractivity contribution in [3.05, 3.63) is 34.9 Å². The van der Waals surface area contributed by atoms with Crippen molar-refractivity contribution in [3.8, 4) is 0 Å². The fourth-order valence-corrected chi connectivity index (χ4v) is 3.27. The molecule has 1 aliphatic carbocycles. The van der Waals surface area contributed by atoms with Crippen LogP contribution in [0.1, 0.15) is 27.9 Å². The first-order chi connectivity index (χ1) is 8.33. The van der Waals surface area contributed by atoms with Crippen LogP contribution in [0.5, 0.6) is 0 Å². The van der Waals surface area contributed by atoms with Gasteiger partial charge in [-0.15, -0.1) is 11.8 Å². The summed E-state index contributed by atoms with van der Waals surface area (Å²) in [5.74, 6) is 0.851. The molecule has 0 aromatic heterocycles. The smallest absolute Gasteiger partial charge is 0.172 e. The minimum absolute atomic E-state index is 0.261. The van der Waals surface area contributed by atoms with Crippen molar-refractivity contribution < 1.29 is 9.53 Å². The monoisotopic (exact) mass is 248 g/mol. The van der Waals surface area contributed by atoms with Crippen LogP contribution in [0.25, 0.3) is 0 Å². The Morgan fingerprint density at radius 1 is 1.29 bits per heavy atom. The minimum atomic E-state index is 0.261. The number of thioether (sulfide) groups is 1. The molecule has 1 heterocycles. The van der Waals surface area contributed by atoms with E-state index in [0.29, 0.717) is 11.0 Å². The van der Waals surface area contributed by atoms with E-state index in [9.17, 15) is 4.79 Å². The third kappa shape index (κ3) is 2.40. The van der Waals surface area contributed by atoms with E-state index in [1.165, 1.54) is 24.0 Å². The predicted octanol–water partition coefficient (Wildman–Crippen LogP) is 2.49. The average molecular weight is 248 g/mol. The summed E-state index contributed by atoms with van der Waals surface area (Å²) in [4.78, 5) is 12.0. The van der Waals surface area contributed by atoms with Gasteiger partial charge in [0.15, 0.2) is 5.78 Å². The van der Waals surface area contributed by atoms with E-state index >= 15 is 0 Å². The van der Waals surface area contributed by atoms with E-state index in [0.717, 1.165) is 25.2 Å². The molecule has 0 unspecified atom stereocenters. The van der Waals surface area contributed by atoms with Crippen molar-refractivity contribution in [2.75, 3.05) is 19.0 Å². The molecular formula is C14H16O2S. The van der Waals surface area contributed by atoms with Crippen LogP contribution in [0.4, 0.5) is 0 Å². The van der Waals surface area contributed by atoms with Crippen LogP contribution in [0, 0.1) is 0 Å². The summed E-state index contributed by atoms with van der Waals surface area (Å²) in [5.41, 5.74) is 3.70. The summed E-state index contributed by atoms with van der Waals surface area (Å²) in [6, 6.07) is 6.22. The van der Waals surface area contributed by atoms with Crippen LogP contribution in [0.2, 0.25) is 0 Å². The summed E-state index contributed by atoms with van der Waals surface area (Å²) in [6.45, 7) is 1.62. The van der Waals surface area contributed by atoms with Crippen molar-refractivity contribution in [3.63, 3.8) is 0 Å². The maximum absolute atomic E-state index is 12.0. The second kappa shape index (κ2) is 4.83. The second-order valence-corrected chi connectivity index (χ2v) is 6.02. The van der Waals surface area contributed by atoms with Gasteiger partial charge in [0.05, 0.1) is 24.2 Å². The molecule has 0 saturated carbocycles. The number of carbonyl (C=O) groups excluding carboxylic acids is 1. The number of rotatable bonds is 4. The highest BCUT2D eigenvalue weighted by Gasteiger charge is 2.20. The van der Waals surface area contributed by atoms with Gasteiger partial charge >= 0.3 is 0 Å². The first-order valence-electron chi connectivity index (χ1n) is 6.17. The van der Waals surface area contributed by atoms with Crippen LogP contribution in [0.15, 0.2) is 18.2 Å². The number of aryl methyl sites for hydroxylation is 2. The van der Waals surface area contributed by atoms with Crippen LogP contribution < -0.4 is 0 Å². The quantitative estimate of drug-likeness (QED) is 0.766. The number of carbonyl (C=O) groups is 1. The van der Waals surface area contributed by atoms with E-state index in [-0.39, 0.29) is 5.78 Å². The number of ether oxygens (including phenoxy) is 1. The summed E-state index contributed by atoms with van der Waals surface area (Å²) < 4.78 is 5.10. The first kappa shape index (κ1) is 11.3. The summed E-state index contributed by atoms with van der Waals surface area (Å²) in [6.07, 6.45) is 3.55. The van der Waals surface area contributed by atoms with Gasteiger partial charge in [-0.25, -0.2) is 0 Å². The molecule has 17 heavy (non-hydrogen) atoms. The minimum Gasteiger partial charge on any atom is -0.379 e.